The van der Waals surface area contributed by atoms with Gasteiger partial charge in [-0.25, -0.2) is 0 Å². The number of nitrogens with one attached hydrogen (secondary N) is 2. The molecule has 1 saturated carbocycles. The SMILES string of the molecule is CCNC(=NCCc1ccccn1)NC1C2CCCOC2C1(C)C.I. The fourth-order valence-corrected chi connectivity index (χ4v) is 4.11. The third-order valence-corrected chi connectivity index (χ3v) is 5.33. The molecule has 0 aromatic carbocycles. The van der Waals surface area contributed by atoms with Gasteiger partial charge in [0.15, 0.2) is 5.96 Å². The molecule has 3 rings (SSSR count). The summed E-state index contributed by atoms with van der Waals surface area (Å²) in [5.41, 5.74) is 1.24. The summed E-state index contributed by atoms with van der Waals surface area (Å²) in [5.74, 6) is 1.52. The average Bonchev–Trinajstić information content (AvgIpc) is 2.60. The molecule has 0 radical (unpaired) electrons. The number of aliphatic imine (C=N–C) groups is 1. The number of ether oxygens (including phenoxy) is 1. The Morgan fingerprint density at radius 3 is 2.96 bits per heavy atom. The zero-order valence-corrected chi connectivity index (χ0v) is 17.8. The third kappa shape index (κ3) is 4.64. The Morgan fingerprint density at radius 1 is 1.40 bits per heavy atom. The zero-order valence-electron chi connectivity index (χ0n) is 15.5. The predicted octanol–water partition coefficient (Wildman–Crippen LogP) is 3.00. The summed E-state index contributed by atoms with van der Waals surface area (Å²) < 4.78 is 5.99. The first-order valence-corrected chi connectivity index (χ1v) is 9.19. The van der Waals surface area contributed by atoms with Crippen LogP contribution < -0.4 is 10.6 Å². The Balaban J connectivity index is 0.00000225. The first kappa shape index (κ1) is 20.4. The molecule has 0 amide bonds. The molecule has 0 bridgehead atoms. The Kier molecular flexibility index (Phi) is 7.49. The number of nitrogens with zero attached hydrogens (tertiary/aromatic N) is 2. The van der Waals surface area contributed by atoms with Gasteiger partial charge in [-0.3, -0.25) is 9.98 Å². The molecule has 1 aliphatic heterocycles. The second-order valence-electron chi connectivity index (χ2n) is 7.37. The molecule has 1 aliphatic carbocycles. The summed E-state index contributed by atoms with van der Waals surface area (Å²) in [7, 11) is 0. The normalized spacial score (nSPS) is 27.5. The zero-order chi connectivity index (χ0) is 17.0. The number of rotatable bonds is 5. The molecule has 2 N–H and O–H groups in total. The predicted molar refractivity (Wildman–Crippen MR) is 113 cm³/mol. The topological polar surface area (TPSA) is 58.5 Å². The van der Waals surface area contributed by atoms with Crippen molar-refractivity contribution in [3.63, 3.8) is 0 Å². The van der Waals surface area contributed by atoms with E-state index in [2.05, 4.69) is 42.5 Å². The van der Waals surface area contributed by atoms with Crippen molar-refractivity contribution < 1.29 is 4.74 Å². The molecule has 6 heteroatoms. The van der Waals surface area contributed by atoms with Gasteiger partial charge in [-0.1, -0.05) is 19.9 Å². The number of fused-ring (bicyclic) bond motifs is 1. The van der Waals surface area contributed by atoms with Crippen LogP contribution in [0.15, 0.2) is 29.4 Å². The summed E-state index contributed by atoms with van der Waals surface area (Å²) in [6.07, 6.45) is 5.51. The van der Waals surface area contributed by atoms with E-state index in [9.17, 15) is 0 Å². The van der Waals surface area contributed by atoms with Gasteiger partial charge < -0.3 is 15.4 Å². The van der Waals surface area contributed by atoms with Crippen molar-refractivity contribution in [2.24, 2.45) is 16.3 Å². The number of hydrogen-bond acceptors (Lipinski definition) is 3. The number of pyridine rings is 1. The van der Waals surface area contributed by atoms with Crippen molar-refractivity contribution in [3.8, 4) is 0 Å². The van der Waals surface area contributed by atoms with Crippen LogP contribution in [0.25, 0.3) is 0 Å². The van der Waals surface area contributed by atoms with Crippen molar-refractivity contribution in [2.75, 3.05) is 19.7 Å². The Hall–Kier alpha value is -0.890. The van der Waals surface area contributed by atoms with Crippen LogP contribution in [0.5, 0.6) is 0 Å². The van der Waals surface area contributed by atoms with Crippen LogP contribution in [0.3, 0.4) is 0 Å². The molecule has 3 unspecified atom stereocenters. The van der Waals surface area contributed by atoms with Crippen LogP contribution in [0.1, 0.15) is 39.3 Å². The van der Waals surface area contributed by atoms with Gasteiger partial charge in [0.05, 0.1) is 6.10 Å². The molecule has 1 saturated heterocycles. The third-order valence-electron chi connectivity index (χ3n) is 5.33. The van der Waals surface area contributed by atoms with E-state index >= 15 is 0 Å². The molecule has 0 spiro atoms. The van der Waals surface area contributed by atoms with Crippen molar-refractivity contribution in [1.82, 2.24) is 15.6 Å². The van der Waals surface area contributed by atoms with Crippen LogP contribution in [-0.2, 0) is 11.2 Å². The average molecular weight is 458 g/mol. The molecule has 140 valence electrons. The summed E-state index contributed by atoms with van der Waals surface area (Å²) in [5, 5.41) is 7.05. The summed E-state index contributed by atoms with van der Waals surface area (Å²) in [6, 6.07) is 6.44. The minimum atomic E-state index is 0. The first-order valence-electron chi connectivity index (χ1n) is 9.19. The van der Waals surface area contributed by atoms with Crippen molar-refractivity contribution in [2.45, 2.75) is 52.2 Å². The van der Waals surface area contributed by atoms with E-state index in [0.29, 0.717) is 18.1 Å². The minimum Gasteiger partial charge on any atom is -0.377 e. The lowest BCUT2D eigenvalue weighted by molar-refractivity contribution is -0.188. The lowest BCUT2D eigenvalue weighted by Gasteiger charge is -2.60. The number of halogens is 1. The van der Waals surface area contributed by atoms with Crippen molar-refractivity contribution in [1.29, 1.82) is 0 Å². The molecule has 2 heterocycles. The highest BCUT2D eigenvalue weighted by molar-refractivity contribution is 14.0. The second-order valence-corrected chi connectivity index (χ2v) is 7.37. The van der Waals surface area contributed by atoms with E-state index < -0.39 is 0 Å². The van der Waals surface area contributed by atoms with E-state index in [-0.39, 0.29) is 29.4 Å². The number of aromatic nitrogens is 1. The molecule has 2 aliphatic rings. The van der Waals surface area contributed by atoms with E-state index in [1.165, 1.54) is 12.8 Å². The molecule has 25 heavy (non-hydrogen) atoms. The van der Waals surface area contributed by atoms with Crippen LogP contribution in [0.2, 0.25) is 0 Å². The van der Waals surface area contributed by atoms with Crippen LogP contribution in [-0.4, -0.2) is 42.8 Å². The Morgan fingerprint density at radius 2 is 2.24 bits per heavy atom. The summed E-state index contributed by atoms with van der Waals surface area (Å²) in [6.45, 7) is 9.23. The largest absolute Gasteiger partial charge is 0.377 e. The maximum absolute atomic E-state index is 5.99. The van der Waals surface area contributed by atoms with Gasteiger partial charge >= 0.3 is 0 Å². The van der Waals surface area contributed by atoms with Crippen molar-refractivity contribution >= 4 is 29.9 Å². The fourth-order valence-electron chi connectivity index (χ4n) is 4.11. The van der Waals surface area contributed by atoms with Crippen molar-refractivity contribution in [3.05, 3.63) is 30.1 Å². The van der Waals surface area contributed by atoms with E-state index in [0.717, 1.165) is 37.8 Å². The molecule has 1 aromatic heterocycles. The van der Waals surface area contributed by atoms with Gasteiger partial charge in [-0.2, -0.15) is 0 Å². The molecule has 3 atom stereocenters. The molecule has 1 aromatic rings. The minimum absolute atomic E-state index is 0. The van der Waals surface area contributed by atoms with Gasteiger partial charge in [0.2, 0.25) is 0 Å². The highest BCUT2D eigenvalue weighted by Gasteiger charge is 2.58. The summed E-state index contributed by atoms with van der Waals surface area (Å²) >= 11 is 0. The molecule has 2 fully saturated rings. The monoisotopic (exact) mass is 458 g/mol. The molecule has 5 nitrogen and oxygen atoms in total. The lowest BCUT2D eigenvalue weighted by atomic mass is 9.55. The van der Waals surface area contributed by atoms with Crippen LogP contribution >= 0.6 is 24.0 Å². The molecular formula is C19H31IN4O. The van der Waals surface area contributed by atoms with Gasteiger partial charge in [0, 0.05) is 55.4 Å². The van der Waals surface area contributed by atoms with Crippen LogP contribution in [0.4, 0.5) is 0 Å². The van der Waals surface area contributed by atoms with Gasteiger partial charge in [0.25, 0.3) is 0 Å². The van der Waals surface area contributed by atoms with E-state index in [1.807, 2.05) is 18.3 Å². The Labute approximate surface area is 168 Å². The van der Waals surface area contributed by atoms with Gasteiger partial charge in [-0.05, 0) is 31.9 Å². The maximum atomic E-state index is 5.99. The Bertz CT molecular complexity index is 564. The van der Waals surface area contributed by atoms with Gasteiger partial charge in [0.1, 0.15) is 0 Å². The second kappa shape index (κ2) is 9.16. The quantitative estimate of drug-likeness (QED) is 0.405. The highest BCUT2D eigenvalue weighted by atomic mass is 127. The smallest absolute Gasteiger partial charge is 0.191 e. The van der Waals surface area contributed by atoms with Crippen LogP contribution in [0, 0.1) is 11.3 Å². The van der Waals surface area contributed by atoms with E-state index in [4.69, 9.17) is 9.73 Å². The molecular weight excluding hydrogens is 427 g/mol. The maximum Gasteiger partial charge on any atom is 0.191 e. The number of guanidine groups is 1. The first-order chi connectivity index (χ1) is 11.6. The van der Waals surface area contributed by atoms with E-state index in [1.54, 1.807) is 0 Å². The highest BCUT2D eigenvalue weighted by Crippen LogP contribution is 2.51. The standard InChI is InChI=1S/C19H30N4O.HI/c1-4-20-18(22-12-10-14-8-5-6-11-21-14)23-16-15-9-7-13-24-17(15)19(16,2)3;/h5-6,8,11,15-17H,4,7,9-10,12-13H2,1-3H3,(H2,20,22,23);1H. The lowest BCUT2D eigenvalue weighted by Crippen LogP contribution is -2.71. The fraction of sp³-hybridized carbons (Fsp3) is 0.684. The van der Waals surface area contributed by atoms with Gasteiger partial charge in [-0.15, -0.1) is 24.0 Å². The summed E-state index contributed by atoms with van der Waals surface area (Å²) in [4.78, 5) is 9.11. The number of hydrogen-bond donors (Lipinski definition) is 2.